The Labute approximate surface area is 114 Å². The molecule has 0 amide bonds. The maximum atomic E-state index is 11.9. The molecular weight excluding hydrogens is 260 g/mol. The van der Waals surface area contributed by atoms with Crippen LogP contribution in [0.4, 0.5) is 0 Å². The molecule has 20 heavy (non-hydrogen) atoms. The Balaban J connectivity index is 2.33. The van der Waals surface area contributed by atoms with Gasteiger partial charge in [-0.15, -0.1) is 0 Å². The molecule has 2 rings (SSSR count). The number of allylic oxidation sites excluding steroid dienone is 1. The van der Waals surface area contributed by atoms with Crippen LogP contribution in [0.15, 0.2) is 42.5 Å². The van der Waals surface area contributed by atoms with Crippen molar-refractivity contribution in [3.63, 3.8) is 0 Å². The summed E-state index contributed by atoms with van der Waals surface area (Å²) in [5, 5.41) is 37.5. The van der Waals surface area contributed by atoms with Gasteiger partial charge in [0.15, 0.2) is 17.3 Å². The van der Waals surface area contributed by atoms with Crippen LogP contribution in [0.1, 0.15) is 15.9 Å². The quantitative estimate of drug-likeness (QED) is 0.298. The fourth-order valence-electron chi connectivity index (χ4n) is 1.65. The van der Waals surface area contributed by atoms with Gasteiger partial charge >= 0.3 is 0 Å². The first kappa shape index (κ1) is 13.5. The van der Waals surface area contributed by atoms with Crippen LogP contribution in [0.5, 0.6) is 23.0 Å². The zero-order valence-electron chi connectivity index (χ0n) is 10.3. The standard InChI is InChI=1S/C15H12O5/c16-11(7-6-9-4-2-1-3-5-9)10-8-12(17)14(19)15(20)13(10)18/h1-8,17-20H. The van der Waals surface area contributed by atoms with Crippen molar-refractivity contribution >= 4 is 11.9 Å². The van der Waals surface area contributed by atoms with Crippen LogP contribution in [0, 0.1) is 0 Å². The minimum absolute atomic E-state index is 0.301. The second-order valence-corrected chi connectivity index (χ2v) is 4.10. The van der Waals surface area contributed by atoms with Crippen molar-refractivity contribution in [2.75, 3.05) is 0 Å². The number of phenols is 4. The van der Waals surface area contributed by atoms with Crippen LogP contribution >= 0.6 is 0 Å². The zero-order valence-corrected chi connectivity index (χ0v) is 10.3. The number of rotatable bonds is 3. The molecule has 5 nitrogen and oxygen atoms in total. The first-order valence-corrected chi connectivity index (χ1v) is 5.75. The molecule has 0 aliphatic carbocycles. The number of hydrogen-bond donors (Lipinski definition) is 4. The minimum atomic E-state index is -0.929. The van der Waals surface area contributed by atoms with E-state index >= 15 is 0 Å². The molecule has 2 aromatic rings. The molecule has 5 heteroatoms. The highest BCUT2D eigenvalue weighted by Gasteiger charge is 2.19. The number of carbonyl (C=O) groups excluding carboxylic acids is 1. The Morgan fingerprint density at radius 2 is 1.55 bits per heavy atom. The first-order valence-electron chi connectivity index (χ1n) is 5.75. The van der Waals surface area contributed by atoms with E-state index in [0.29, 0.717) is 0 Å². The molecule has 0 aliphatic heterocycles. The van der Waals surface area contributed by atoms with Gasteiger partial charge in [-0.1, -0.05) is 36.4 Å². The van der Waals surface area contributed by atoms with Gasteiger partial charge in [-0.25, -0.2) is 0 Å². The highest BCUT2D eigenvalue weighted by atomic mass is 16.3. The molecule has 2 aromatic carbocycles. The molecule has 4 N–H and O–H groups in total. The fourth-order valence-corrected chi connectivity index (χ4v) is 1.65. The largest absolute Gasteiger partial charge is 0.504 e. The molecule has 0 saturated carbocycles. The van der Waals surface area contributed by atoms with Gasteiger partial charge in [0, 0.05) is 0 Å². The van der Waals surface area contributed by atoms with E-state index in [1.165, 1.54) is 12.2 Å². The predicted octanol–water partition coefficient (Wildman–Crippen LogP) is 2.41. The summed E-state index contributed by atoms with van der Waals surface area (Å²) >= 11 is 0. The molecular formula is C15H12O5. The number of benzene rings is 2. The maximum absolute atomic E-state index is 11.9. The lowest BCUT2D eigenvalue weighted by Crippen LogP contribution is -1.95. The number of ketones is 1. The summed E-state index contributed by atoms with van der Waals surface area (Å²) < 4.78 is 0. The molecule has 0 aromatic heterocycles. The van der Waals surface area contributed by atoms with E-state index in [0.717, 1.165) is 11.6 Å². The molecule has 0 heterocycles. The maximum Gasteiger partial charge on any atom is 0.205 e. The second kappa shape index (κ2) is 5.36. The summed E-state index contributed by atoms with van der Waals surface area (Å²) in [7, 11) is 0. The molecule has 0 atom stereocenters. The van der Waals surface area contributed by atoms with Gasteiger partial charge in [0.2, 0.25) is 11.5 Å². The third kappa shape index (κ3) is 2.56. The highest BCUT2D eigenvalue weighted by molar-refractivity contribution is 6.09. The summed E-state index contributed by atoms with van der Waals surface area (Å²) in [6.45, 7) is 0. The van der Waals surface area contributed by atoms with Gasteiger partial charge in [0.05, 0.1) is 5.56 Å². The lowest BCUT2D eigenvalue weighted by Gasteiger charge is -2.06. The van der Waals surface area contributed by atoms with E-state index in [2.05, 4.69) is 0 Å². The van der Waals surface area contributed by atoms with Crippen molar-refractivity contribution in [2.45, 2.75) is 0 Å². The van der Waals surface area contributed by atoms with Crippen molar-refractivity contribution in [3.05, 3.63) is 53.6 Å². The van der Waals surface area contributed by atoms with Crippen molar-refractivity contribution in [2.24, 2.45) is 0 Å². The number of phenolic OH excluding ortho intramolecular Hbond substituents is 4. The van der Waals surface area contributed by atoms with Crippen LogP contribution in [0.2, 0.25) is 0 Å². The van der Waals surface area contributed by atoms with E-state index < -0.39 is 28.8 Å². The van der Waals surface area contributed by atoms with Crippen LogP contribution < -0.4 is 0 Å². The van der Waals surface area contributed by atoms with Gasteiger partial charge in [-0.05, 0) is 17.7 Å². The van der Waals surface area contributed by atoms with Crippen LogP contribution in [-0.2, 0) is 0 Å². The van der Waals surface area contributed by atoms with Crippen molar-refractivity contribution in [1.82, 2.24) is 0 Å². The summed E-state index contributed by atoms with van der Waals surface area (Å²) in [5.74, 6) is -3.87. The summed E-state index contributed by atoms with van der Waals surface area (Å²) in [4.78, 5) is 11.9. The Kier molecular flexibility index (Phi) is 3.61. The Hall–Kier alpha value is -2.95. The zero-order chi connectivity index (χ0) is 14.7. The average molecular weight is 272 g/mol. The minimum Gasteiger partial charge on any atom is -0.504 e. The van der Waals surface area contributed by atoms with Crippen LogP contribution in [0.3, 0.4) is 0 Å². The molecule has 0 unspecified atom stereocenters. The molecule has 0 spiro atoms. The van der Waals surface area contributed by atoms with Crippen LogP contribution in [0.25, 0.3) is 6.08 Å². The smallest absolute Gasteiger partial charge is 0.205 e. The molecule has 0 radical (unpaired) electrons. The van der Waals surface area contributed by atoms with Gasteiger partial charge in [-0.3, -0.25) is 4.79 Å². The fraction of sp³-hybridized carbons (Fsp3) is 0. The Bertz CT molecular complexity index is 674. The molecule has 102 valence electrons. The SMILES string of the molecule is O=C(C=Cc1ccccc1)c1cc(O)c(O)c(O)c1O. The first-order chi connectivity index (χ1) is 9.50. The molecule has 0 saturated heterocycles. The van der Waals surface area contributed by atoms with Gasteiger partial charge in [0.1, 0.15) is 0 Å². The summed E-state index contributed by atoms with van der Waals surface area (Å²) in [6, 6.07) is 9.91. The third-order valence-corrected chi connectivity index (χ3v) is 2.72. The second-order valence-electron chi connectivity index (χ2n) is 4.10. The van der Waals surface area contributed by atoms with E-state index in [1.807, 2.05) is 6.07 Å². The number of hydrogen-bond acceptors (Lipinski definition) is 5. The average Bonchev–Trinajstić information content (AvgIpc) is 2.47. The highest BCUT2D eigenvalue weighted by Crippen LogP contribution is 2.43. The van der Waals surface area contributed by atoms with E-state index in [9.17, 15) is 25.2 Å². The lowest BCUT2D eigenvalue weighted by molar-refractivity contribution is 0.104. The molecule has 0 aliphatic rings. The topological polar surface area (TPSA) is 98.0 Å². The van der Waals surface area contributed by atoms with E-state index in [-0.39, 0.29) is 5.56 Å². The lowest BCUT2D eigenvalue weighted by atomic mass is 10.1. The predicted molar refractivity (Wildman–Crippen MR) is 72.9 cm³/mol. The normalized spacial score (nSPS) is 10.8. The van der Waals surface area contributed by atoms with Gasteiger partial charge < -0.3 is 20.4 Å². The van der Waals surface area contributed by atoms with E-state index in [4.69, 9.17) is 0 Å². The Morgan fingerprint density at radius 1 is 0.900 bits per heavy atom. The van der Waals surface area contributed by atoms with Gasteiger partial charge in [0.25, 0.3) is 0 Å². The summed E-state index contributed by atoms with van der Waals surface area (Å²) in [6.07, 6.45) is 2.73. The number of carbonyl (C=O) groups is 1. The number of aromatic hydroxyl groups is 4. The third-order valence-electron chi connectivity index (χ3n) is 2.72. The van der Waals surface area contributed by atoms with Crippen molar-refractivity contribution < 1.29 is 25.2 Å². The van der Waals surface area contributed by atoms with Crippen LogP contribution in [-0.4, -0.2) is 26.2 Å². The van der Waals surface area contributed by atoms with Gasteiger partial charge in [-0.2, -0.15) is 0 Å². The molecule has 0 fully saturated rings. The molecule has 0 bridgehead atoms. The monoisotopic (exact) mass is 272 g/mol. The van der Waals surface area contributed by atoms with E-state index in [1.54, 1.807) is 24.3 Å². The Morgan fingerprint density at radius 3 is 2.20 bits per heavy atom. The van der Waals surface area contributed by atoms with Crippen molar-refractivity contribution in [3.8, 4) is 23.0 Å². The van der Waals surface area contributed by atoms with Crippen molar-refractivity contribution in [1.29, 1.82) is 0 Å². The summed E-state index contributed by atoms with van der Waals surface area (Å²) in [5.41, 5.74) is 0.484.